The van der Waals surface area contributed by atoms with Crippen molar-refractivity contribution in [1.82, 2.24) is 0 Å². The van der Waals surface area contributed by atoms with Gasteiger partial charge in [0.1, 0.15) is 0 Å². The first kappa shape index (κ1) is 15.5. The van der Waals surface area contributed by atoms with Gasteiger partial charge in [0.05, 0.1) is 0 Å². The zero-order valence-corrected chi connectivity index (χ0v) is 8.15. The molecular formula is C8H12F6O2. The summed E-state index contributed by atoms with van der Waals surface area (Å²) < 4.78 is 74.0. The first-order valence-electron chi connectivity index (χ1n) is 4.48. The maximum absolute atomic E-state index is 13.0. The molecule has 0 spiro atoms. The zero-order valence-electron chi connectivity index (χ0n) is 8.15. The van der Waals surface area contributed by atoms with Crippen molar-refractivity contribution in [2.24, 2.45) is 5.92 Å². The predicted octanol–water partition coefficient (Wildman–Crippen LogP) is 1.90. The Labute approximate surface area is 87.9 Å². The van der Waals surface area contributed by atoms with Gasteiger partial charge in [-0.1, -0.05) is 0 Å². The Morgan fingerprint density at radius 3 is 1.50 bits per heavy atom. The second-order valence-corrected chi connectivity index (χ2v) is 3.30. The Hall–Kier alpha value is -0.500. The molecule has 0 rings (SSSR count). The number of rotatable bonds is 6. The lowest BCUT2D eigenvalue weighted by Crippen LogP contribution is -2.47. The highest BCUT2D eigenvalue weighted by Gasteiger charge is 2.59. The number of halogens is 6. The van der Waals surface area contributed by atoms with Gasteiger partial charge in [0.15, 0.2) is 0 Å². The minimum atomic E-state index is -5.66. The molecule has 0 amide bonds. The van der Waals surface area contributed by atoms with Crippen LogP contribution < -0.4 is 0 Å². The molecule has 0 aromatic carbocycles. The Balaban J connectivity index is 4.81. The van der Waals surface area contributed by atoms with Gasteiger partial charge in [0.2, 0.25) is 0 Å². The standard InChI is InChI=1S/C8H12F6O2/c9-6(8(12,13)14)7(10,11)5(1-3-15)2-4-16/h5-6,15-16H,1-4H2. The fourth-order valence-electron chi connectivity index (χ4n) is 1.27. The van der Waals surface area contributed by atoms with Crippen molar-refractivity contribution < 1.29 is 36.6 Å². The molecule has 8 heteroatoms. The number of aliphatic hydroxyl groups excluding tert-OH is 2. The van der Waals surface area contributed by atoms with E-state index in [2.05, 4.69) is 0 Å². The van der Waals surface area contributed by atoms with E-state index >= 15 is 0 Å². The Bertz CT molecular complexity index is 199. The maximum atomic E-state index is 13.0. The summed E-state index contributed by atoms with van der Waals surface area (Å²) in [6.07, 6.45) is -11.4. The third-order valence-corrected chi connectivity index (χ3v) is 2.12. The fourth-order valence-corrected chi connectivity index (χ4v) is 1.27. The Kier molecular flexibility index (Phi) is 5.54. The average molecular weight is 254 g/mol. The summed E-state index contributed by atoms with van der Waals surface area (Å²) in [5, 5.41) is 16.8. The van der Waals surface area contributed by atoms with Crippen LogP contribution in [0.25, 0.3) is 0 Å². The van der Waals surface area contributed by atoms with Crippen LogP contribution in [0.4, 0.5) is 26.3 Å². The van der Waals surface area contributed by atoms with Crippen LogP contribution >= 0.6 is 0 Å². The van der Waals surface area contributed by atoms with Crippen molar-refractivity contribution in [1.29, 1.82) is 0 Å². The van der Waals surface area contributed by atoms with Crippen LogP contribution in [0.2, 0.25) is 0 Å². The van der Waals surface area contributed by atoms with E-state index in [1.165, 1.54) is 0 Å². The third-order valence-electron chi connectivity index (χ3n) is 2.12. The normalized spacial score (nSPS) is 15.6. The van der Waals surface area contributed by atoms with Gasteiger partial charge in [-0.2, -0.15) is 13.2 Å². The lowest BCUT2D eigenvalue weighted by molar-refractivity contribution is -0.260. The predicted molar refractivity (Wildman–Crippen MR) is 42.8 cm³/mol. The number of hydrogen-bond acceptors (Lipinski definition) is 2. The van der Waals surface area contributed by atoms with Crippen molar-refractivity contribution in [2.45, 2.75) is 31.1 Å². The zero-order chi connectivity index (χ0) is 13.0. The van der Waals surface area contributed by atoms with E-state index in [1.54, 1.807) is 0 Å². The van der Waals surface area contributed by atoms with Gasteiger partial charge < -0.3 is 10.2 Å². The van der Waals surface area contributed by atoms with Crippen molar-refractivity contribution >= 4 is 0 Å². The summed E-state index contributed by atoms with van der Waals surface area (Å²) in [4.78, 5) is 0. The van der Waals surface area contributed by atoms with Crippen LogP contribution in [0.1, 0.15) is 12.8 Å². The quantitative estimate of drug-likeness (QED) is 0.711. The van der Waals surface area contributed by atoms with Gasteiger partial charge >= 0.3 is 6.18 Å². The van der Waals surface area contributed by atoms with Crippen LogP contribution in [0.5, 0.6) is 0 Å². The summed E-state index contributed by atoms with van der Waals surface area (Å²) in [6, 6.07) is 0. The molecule has 0 fully saturated rings. The molecule has 0 bridgehead atoms. The van der Waals surface area contributed by atoms with Gasteiger partial charge in [-0.05, 0) is 12.8 Å². The molecule has 0 aliphatic carbocycles. The molecule has 2 N–H and O–H groups in total. The van der Waals surface area contributed by atoms with E-state index in [1.807, 2.05) is 0 Å². The first-order chi connectivity index (χ1) is 7.17. The largest absolute Gasteiger partial charge is 0.425 e. The lowest BCUT2D eigenvalue weighted by Gasteiger charge is -2.29. The molecule has 0 heterocycles. The Morgan fingerprint density at radius 2 is 1.25 bits per heavy atom. The highest BCUT2D eigenvalue weighted by Crippen LogP contribution is 2.41. The van der Waals surface area contributed by atoms with Crippen LogP contribution in [-0.4, -0.2) is 41.7 Å². The van der Waals surface area contributed by atoms with E-state index in [0.29, 0.717) is 0 Å². The van der Waals surface area contributed by atoms with Crippen molar-refractivity contribution in [3.63, 3.8) is 0 Å². The minimum absolute atomic E-state index is 0.704. The molecule has 1 unspecified atom stereocenters. The van der Waals surface area contributed by atoms with Gasteiger partial charge in [-0.15, -0.1) is 0 Å². The average Bonchev–Trinajstić information content (AvgIpc) is 2.15. The monoisotopic (exact) mass is 254 g/mol. The highest BCUT2D eigenvalue weighted by atomic mass is 19.4. The Morgan fingerprint density at radius 1 is 0.875 bits per heavy atom. The van der Waals surface area contributed by atoms with E-state index in [0.717, 1.165) is 0 Å². The lowest BCUT2D eigenvalue weighted by atomic mass is 9.91. The number of aliphatic hydroxyl groups is 2. The third kappa shape index (κ3) is 3.82. The van der Waals surface area contributed by atoms with Gasteiger partial charge in [0, 0.05) is 19.1 Å². The molecular weight excluding hydrogens is 242 g/mol. The molecule has 2 nitrogen and oxygen atoms in total. The van der Waals surface area contributed by atoms with Crippen molar-refractivity contribution in [3.05, 3.63) is 0 Å². The van der Waals surface area contributed by atoms with E-state index in [-0.39, 0.29) is 0 Å². The molecule has 0 saturated carbocycles. The summed E-state index contributed by atoms with van der Waals surface area (Å²) >= 11 is 0. The van der Waals surface area contributed by atoms with Crippen LogP contribution in [-0.2, 0) is 0 Å². The summed E-state index contributed by atoms with van der Waals surface area (Å²) in [7, 11) is 0. The van der Waals surface area contributed by atoms with Crippen molar-refractivity contribution in [2.75, 3.05) is 13.2 Å². The van der Waals surface area contributed by atoms with E-state index < -0.39 is 50.2 Å². The summed E-state index contributed by atoms with van der Waals surface area (Å²) in [5.41, 5.74) is 0. The molecule has 16 heavy (non-hydrogen) atoms. The number of alkyl halides is 6. The van der Waals surface area contributed by atoms with E-state index in [9.17, 15) is 26.3 Å². The molecule has 0 aliphatic rings. The van der Waals surface area contributed by atoms with Gasteiger partial charge in [0.25, 0.3) is 12.1 Å². The molecule has 0 aliphatic heterocycles. The van der Waals surface area contributed by atoms with Crippen LogP contribution in [0, 0.1) is 5.92 Å². The molecule has 1 atom stereocenters. The van der Waals surface area contributed by atoms with E-state index in [4.69, 9.17) is 10.2 Å². The van der Waals surface area contributed by atoms with Gasteiger partial charge in [-0.3, -0.25) is 0 Å². The van der Waals surface area contributed by atoms with Gasteiger partial charge in [-0.25, -0.2) is 13.2 Å². The SMILES string of the molecule is OCCC(CCO)C(F)(F)C(F)C(F)(F)F. The molecule has 98 valence electrons. The van der Waals surface area contributed by atoms with Crippen molar-refractivity contribution in [3.8, 4) is 0 Å². The molecule has 0 aromatic heterocycles. The number of hydrogen-bond donors (Lipinski definition) is 2. The molecule has 0 aromatic rings. The first-order valence-corrected chi connectivity index (χ1v) is 4.48. The minimum Gasteiger partial charge on any atom is -0.396 e. The van der Waals surface area contributed by atoms with Crippen LogP contribution in [0.3, 0.4) is 0 Å². The fraction of sp³-hybridized carbons (Fsp3) is 1.00. The summed E-state index contributed by atoms with van der Waals surface area (Å²) in [5.74, 6) is -6.69. The van der Waals surface area contributed by atoms with Crippen LogP contribution in [0.15, 0.2) is 0 Å². The second-order valence-electron chi connectivity index (χ2n) is 3.30. The smallest absolute Gasteiger partial charge is 0.396 e. The molecule has 0 radical (unpaired) electrons. The molecule has 0 saturated heterocycles. The highest BCUT2D eigenvalue weighted by molar-refractivity contribution is 4.88. The topological polar surface area (TPSA) is 40.5 Å². The summed E-state index contributed by atoms with van der Waals surface area (Å²) in [6.45, 7) is -1.60. The second kappa shape index (κ2) is 5.72. The maximum Gasteiger partial charge on any atom is 0.425 e.